The van der Waals surface area contributed by atoms with E-state index in [1.165, 1.54) is 21.5 Å². The molecule has 0 atom stereocenters. The Labute approximate surface area is 386 Å². The summed E-state index contributed by atoms with van der Waals surface area (Å²) in [5, 5.41) is 10.8. The number of benzene rings is 10. The third-order valence-electron chi connectivity index (χ3n) is 13.7. The van der Waals surface area contributed by atoms with Crippen LogP contribution in [0.1, 0.15) is 0 Å². The number of nitrogens with zero attached hydrogens (tertiary/aromatic N) is 4. The van der Waals surface area contributed by atoms with Crippen molar-refractivity contribution < 1.29 is 13.3 Å². The predicted octanol–water partition coefficient (Wildman–Crippen LogP) is 16.5. The Morgan fingerprint density at radius 1 is 0.294 bits per heavy atom. The maximum absolute atomic E-state index is 6.81. The molecule has 0 fully saturated rings. The van der Waals surface area contributed by atoms with Crippen molar-refractivity contribution in [2.45, 2.75) is 0 Å². The van der Waals surface area contributed by atoms with E-state index in [1.807, 2.05) is 72.8 Å². The topological polar surface area (TPSA) is 83.0 Å². The van der Waals surface area contributed by atoms with Crippen molar-refractivity contribution in [1.82, 2.24) is 19.5 Å². The molecule has 10 aromatic carbocycles. The predicted molar refractivity (Wildman–Crippen MR) is 275 cm³/mol. The largest absolute Gasteiger partial charge is 0.456 e. The highest BCUT2D eigenvalue weighted by Crippen LogP contribution is 2.44. The van der Waals surface area contributed by atoms with Crippen LogP contribution in [-0.4, -0.2) is 19.5 Å². The number of hydrogen-bond donors (Lipinski definition) is 0. The van der Waals surface area contributed by atoms with E-state index in [-0.39, 0.29) is 0 Å². The van der Waals surface area contributed by atoms with Crippen LogP contribution in [0.2, 0.25) is 0 Å². The highest BCUT2D eigenvalue weighted by molar-refractivity contribution is 6.16. The third-order valence-corrected chi connectivity index (χ3v) is 13.7. The van der Waals surface area contributed by atoms with E-state index in [0.717, 1.165) is 105 Å². The zero-order valence-corrected chi connectivity index (χ0v) is 36.1. The van der Waals surface area contributed by atoms with Crippen molar-refractivity contribution in [2.24, 2.45) is 0 Å². The molecule has 0 saturated carbocycles. The second kappa shape index (κ2) is 14.1. The van der Waals surface area contributed by atoms with Crippen molar-refractivity contribution in [3.05, 3.63) is 206 Å². The van der Waals surface area contributed by atoms with Gasteiger partial charge in [0, 0.05) is 65.5 Å². The van der Waals surface area contributed by atoms with Crippen LogP contribution in [0.4, 0.5) is 0 Å². The monoisotopic (exact) mass is 870 g/mol. The van der Waals surface area contributed by atoms with Crippen molar-refractivity contribution in [3.8, 4) is 51.0 Å². The van der Waals surface area contributed by atoms with Gasteiger partial charge in [0.1, 0.15) is 33.5 Å². The van der Waals surface area contributed by atoms with E-state index in [4.69, 9.17) is 28.2 Å². The highest BCUT2D eigenvalue weighted by atomic mass is 16.3. The molecule has 15 aromatic rings. The van der Waals surface area contributed by atoms with Gasteiger partial charge in [-0.2, -0.15) is 0 Å². The van der Waals surface area contributed by atoms with Crippen molar-refractivity contribution in [2.75, 3.05) is 0 Å². The lowest BCUT2D eigenvalue weighted by Crippen LogP contribution is -2.02. The SMILES string of the molecule is c1ccc2cc3c(cc2c1)c1ccccc1n3-c1ccc(-c2nc(-c3cccc4c3oc3ccccc34)nc(-c3cccc4oc5ccccc5c34)n2)c(-c2cccc3c2oc2ccccc23)c1. The minimum absolute atomic E-state index is 0.491. The van der Waals surface area contributed by atoms with Gasteiger partial charge < -0.3 is 17.8 Å². The van der Waals surface area contributed by atoms with Gasteiger partial charge in [-0.25, -0.2) is 15.0 Å². The van der Waals surface area contributed by atoms with Crippen LogP contribution >= 0.6 is 0 Å². The molecule has 5 heterocycles. The first-order valence-electron chi connectivity index (χ1n) is 22.7. The number of fused-ring (bicyclic) bond motifs is 13. The average Bonchev–Trinajstić information content (AvgIpc) is 4.17. The molecule has 0 aliphatic rings. The van der Waals surface area contributed by atoms with Gasteiger partial charge in [0.15, 0.2) is 17.5 Å². The van der Waals surface area contributed by atoms with E-state index in [0.29, 0.717) is 23.1 Å². The first-order chi connectivity index (χ1) is 33.7. The molecule has 7 heteroatoms. The van der Waals surface area contributed by atoms with Crippen LogP contribution in [0.3, 0.4) is 0 Å². The average molecular weight is 871 g/mol. The molecule has 0 radical (unpaired) electrons. The van der Waals surface area contributed by atoms with Gasteiger partial charge in [0.2, 0.25) is 0 Å². The Hall–Kier alpha value is -9.33. The fourth-order valence-corrected chi connectivity index (χ4v) is 10.6. The van der Waals surface area contributed by atoms with Crippen LogP contribution in [0.15, 0.2) is 220 Å². The number of furan rings is 3. The van der Waals surface area contributed by atoms with Gasteiger partial charge in [-0.05, 0) is 83.1 Å². The molecule has 0 N–H and O–H groups in total. The second-order valence-corrected chi connectivity index (χ2v) is 17.4. The summed E-state index contributed by atoms with van der Waals surface area (Å²) in [7, 11) is 0. The second-order valence-electron chi connectivity index (χ2n) is 17.4. The first-order valence-corrected chi connectivity index (χ1v) is 22.7. The molecular weight excluding hydrogens is 837 g/mol. The molecule has 0 spiro atoms. The normalized spacial score (nSPS) is 12.1. The molecule has 0 saturated heterocycles. The van der Waals surface area contributed by atoms with Crippen LogP contribution in [0.25, 0.3) is 149 Å². The molecule has 7 nitrogen and oxygen atoms in total. The smallest absolute Gasteiger partial charge is 0.167 e. The Morgan fingerprint density at radius 3 is 1.54 bits per heavy atom. The van der Waals surface area contributed by atoms with Gasteiger partial charge in [0.25, 0.3) is 0 Å². The Bertz CT molecular complexity index is 4590. The lowest BCUT2D eigenvalue weighted by atomic mass is 9.96. The van der Waals surface area contributed by atoms with E-state index in [1.54, 1.807) is 0 Å². The molecule has 316 valence electrons. The van der Waals surface area contributed by atoms with Gasteiger partial charge >= 0.3 is 0 Å². The van der Waals surface area contributed by atoms with Crippen LogP contribution in [0.5, 0.6) is 0 Å². The molecule has 5 aromatic heterocycles. The Balaban J connectivity index is 1.05. The minimum atomic E-state index is 0.491. The first kappa shape index (κ1) is 36.9. The highest BCUT2D eigenvalue weighted by Gasteiger charge is 2.24. The quantitative estimate of drug-likeness (QED) is 0.171. The number of rotatable bonds is 5. The van der Waals surface area contributed by atoms with Crippen molar-refractivity contribution >= 4 is 98.4 Å². The zero-order valence-electron chi connectivity index (χ0n) is 36.1. The molecule has 0 aliphatic carbocycles. The van der Waals surface area contributed by atoms with Crippen LogP contribution in [-0.2, 0) is 0 Å². The van der Waals surface area contributed by atoms with Crippen molar-refractivity contribution in [1.29, 1.82) is 0 Å². The number of para-hydroxylation sites is 6. The molecule has 0 bridgehead atoms. The van der Waals surface area contributed by atoms with Crippen LogP contribution in [0, 0.1) is 0 Å². The summed E-state index contributed by atoms with van der Waals surface area (Å²) in [5.74, 6) is 1.51. The summed E-state index contributed by atoms with van der Waals surface area (Å²) in [6, 6.07) is 71.5. The van der Waals surface area contributed by atoms with Crippen LogP contribution < -0.4 is 0 Å². The summed E-state index contributed by atoms with van der Waals surface area (Å²) in [5.41, 5.74) is 12.2. The summed E-state index contributed by atoms with van der Waals surface area (Å²) >= 11 is 0. The van der Waals surface area contributed by atoms with E-state index in [2.05, 4.69) is 138 Å². The molecule has 0 unspecified atom stereocenters. The van der Waals surface area contributed by atoms with Crippen molar-refractivity contribution in [3.63, 3.8) is 0 Å². The molecule has 0 aliphatic heterocycles. The molecular formula is C61H34N4O3. The summed E-state index contributed by atoms with van der Waals surface area (Å²) in [4.78, 5) is 16.2. The van der Waals surface area contributed by atoms with E-state index < -0.39 is 0 Å². The standard InChI is InChI=1S/C61H34N4O3/c1-2-15-36-33-51-49(32-35(36)14-1)38-16-3-7-25-50(38)65(51)37-30-31-44(48(34-37)43-22-11-20-41-39-17-4-8-26-52(39)67-57(41)43)59-62-60(46-23-13-29-55-56(46)45-19-6-10-28-54(45)66-55)64-61(63-59)47-24-12-21-42-40-18-5-9-27-53(40)68-58(42)47/h1-34H. The van der Waals surface area contributed by atoms with Gasteiger partial charge in [0.05, 0.1) is 16.6 Å². The summed E-state index contributed by atoms with van der Waals surface area (Å²) < 4.78 is 22.2. The Morgan fingerprint density at radius 2 is 0.809 bits per heavy atom. The fraction of sp³-hybridized carbons (Fsp3) is 0. The molecule has 15 rings (SSSR count). The summed E-state index contributed by atoms with van der Waals surface area (Å²) in [6.45, 7) is 0. The lowest BCUT2D eigenvalue weighted by Gasteiger charge is -2.16. The summed E-state index contributed by atoms with van der Waals surface area (Å²) in [6.07, 6.45) is 0. The zero-order chi connectivity index (χ0) is 44.5. The maximum Gasteiger partial charge on any atom is 0.167 e. The molecule has 0 amide bonds. The van der Waals surface area contributed by atoms with Gasteiger partial charge in [-0.3, -0.25) is 0 Å². The number of hydrogen-bond acceptors (Lipinski definition) is 6. The van der Waals surface area contributed by atoms with E-state index in [9.17, 15) is 0 Å². The molecule has 68 heavy (non-hydrogen) atoms. The number of aromatic nitrogens is 4. The van der Waals surface area contributed by atoms with Gasteiger partial charge in [-0.1, -0.05) is 140 Å². The Kier molecular flexibility index (Phi) is 7.65. The van der Waals surface area contributed by atoms with Gasteiger partial charge in [-0.15, -0.1) is 0 Å². The fourth-order valence-electron chi connectivity index (χ4n) is 10.6. The third kappa shape index (κ3) is 5.38. The maximum atomic E-state index is 6.81. The lowest BCUT2D eigenvalue weighted by molar-refractivity contribution is 0.668. The van der Waals surface area contributed by atoms with E-state index >= 15 is 0 Å². The minimum Gasteiger partial charge on any atom is -0.456 e.